The molecule has 6 nitrogen and oxygen atoms in total. The predicted octanol–water partition coefficient (Wildman–Crippen LogP) is 2.47. The van der Waals surface area contributed by atoms with Gasteiger partial charge in [-0.05, 0) is 36.0 Å². The number of benzene rings is 1. The first kappa shape index (κ1) is 19.4. The maximum atomic E-state index is 13.0. The molecule has 1 aliphatic carbocycles. The van der Waals surface area contributed by atoms with Gasteiger partial charge in [0.1, 0.15) is 0 Å². The van der Waals surface area contributed by atoms with Gasteiger partial charge < -0.3 is 5.11 Å². The van der Waals surface area contributed by atoms with Crippen LogP contribution in [-0.2, 0) is 35.8 Å². The van der Waals surface area contributed by atoms with Crippen molar-refractivity contribution in [2.45, 2.75) is 44.6 Å². The first-order valence-corrected chi connectivity index (χ1v) is 10.7. The Hall–Kier alpha value is -1.91. The van der Waals surface area contributed by atoms with Crippen molar-refractivity contribution in [3.8, 4) is 0 Å². The van der Waals surface area contributed by atoms with Crippen LogP contribution in [0.3, 0.4) is 0 Å². The van der Waals surface area contributed by atoms with Gasteiger partial charge in [0.25, 0.3) is 0 Å². The van der Waals surface area contributed by atoms with Gasteiger partial charge in [0, 0.05) is 18.3 Å². The van der Waals surface area contributed by atoms with E-state index >= 15 is 0 Å². The van der Waals surface area contributed by atoms with E-state index in [0.717, 1.165) is 23.1 Å². The first-order valence-electron chi connectivity index (χ1n) is 9.04. The molecule has 152 valence electrons. The molecule has 1 saturated heterocycles. The lowest BCUT2D eigenvalue weighted by molar-refractivity contribution is -0.142. The summed E-state index contributed by atoms with van der Waals surface area (Å²) in [6, 6.07) is 5.43. The minimum atomic E-state index is -4.62. The molecule has 0 spiro atoms. The summed E-state index contributed by atoms with van der Waals surface area (Å²) in [6.07, 6.45) is -1.33. The van der Waals surface area contributed by atoms with Crippen LogP contribution in [-0.4, -0.2) is 39.9 Å². The predicted molar refractivity (Wildman–Crippen MR) is 94.9 cm³/mol. The van der Waals surface area contributed by atoms with Gasteiger partial charge in [0.2, 0.25) is 10.0 Å². The summed E-state index contributed by atoms with van der Waals surface area (Å²) < 4.78 is 66.1. The fraction of sp³-hybridized carbons (Fsp3) is 0.500. The number of rotatable bonds is 4. The Morgan fingerprint density at radius 3 is 2.68 bits per heavy atom. The highest BCUT2D eigenvalue weighted by Gasteiger charge is 2.39. The lowest BCUT2D eigenvalue weighted by atomic mass is 10.0. The van der Waals surface area contributed by atoms with E-state index < -0.39 is 28.5 Å². The second kappa shape index (κ2) is 6.85. The Balaban J connectivity index is 1.57. The van der Waals surface area contributed by atoms with Crippen molar-refractivity contribution in [3.63, 3.8) is 0 Å². The molecule has 1 unspecified atom stereocenters. The molecule has 0 bridgehead atoms. The van der Waals surface area contributed by atoms with Crippen molar-refractivity contribution >= 4 is 10.0 Å². The standard InChI is InChI=1S/C18H20F3N3O3S/c19-18(20,21)17-14(11-25)10-23(22-17)9-12-2-4-15-13(8-12)3-5-16(15)24-6-1-7-28(24,26)27/h2,4,8,10,16,25H,1,3,5-7,9,11H2. The summed E-state index contributed by atoms with van der Waals surface area (Å²) in [5.41, 5.74) is 1.45. The van der Waals surface area contributed by atoms with E-state index in [0.29, 0.717) is 19.4 Å². The van der Waals surface area contributed by atoms with Gasteiger partial charge in [-0.1, -0.05) is 18.2 Å². The molecule has 28 heavy (non-hydrogen) atoms. The van der Waals surface area contributed by atoms with E-state index in [1.54, 1.807) is 10.4 Å². The van der Waals surface area contributed by atoms with Crippen molar-refractivity contribution < 1.29 is 26.7 Å². The molecule has 1 fully saturated rings. The van der Waals surface area contributed by atoms with Crippen molar-refractivity contribution in [1.29, 1.82) is 0 Å². The van der Waals surface area contributed by atoms with Crippen LogP contribution >= 0.6 is 0 Å². The molecule has 1 N–H and O–H groups in total. The van der Waals surface area contributed by atoms with Crippen LogP contribution in [0.4, 0.5) is 13.2 Å². The monoisotopic (exact) mass is 415 g/mol. The Labute approximate surface area is 160 Å². The molecular formula is C18H20F3N3O3S. The van der Waals surface area contributed by atoms with E-state index in [4.69, 9.17) is 5.11 Å². The number of sulfonamides is 1. The molecule has 1 aromatic carbocycles. The number of halogens is 3. The van der Waals surface area contributed by atoms with Crippen LogP contribution in [0, 0.1) is 0 Å². The number of aryl methyl sites for hydroxylation is 1. The van der Waals surface area contributed by atoms with Crippen molar-refractivity contribution in [1.82, 2.24) is 14.1 Å². The molecule has 2 heterocycles. The minimum absolute atomic E-state index is 0.142. The average molecular weight is 415 g/mol. The Bertz CT molecular complexity index is 1000. The maximum absolute atomic E-state index is 13.0. The highest BCUT2D eigenvalue weighted by atomic mass is 32.2. The SMILES string of the molecule is O=S1(=O)CCCN1C1CCc2cc(Cn3cc(CO)c(C(F)(F)F)n3)ccc21. The fourth-order valence-corrected chi connectivity index (χ4v) is 5.88. The minimum Gasteiger partial charge on any atom is -0.392 e. The Morgan fingerprint density at radius 1 is 1.29 bits per heavy atom. The number of aliphatic hydroxyl groups is 1. The third-order valence-corrected chi connectivity index (χ3v) is 7.32. The summed E-state index contributed by atoms with van der Waals surface area (Å²) >= 11 is 0. The van der Waals surface area contributed by atoms with E-state index in [1.165, 1.54) is 10.9 Å². The average Bonchev–Trinajstić information content (AvgIpc) is 3.30. The Kier molecular flexibility index (Phi) is 4.75. The fourth-order valence-electron chi connectivity index (χ4n) is 4.14. The molecule has 1 aromatic heterocycles. The summed E-state index contributed by atoms with van der Waals surface area (Å²) in [5.74, 6) is 0.185. The molecule has 1 atom stereocenters. The number of fused-ring (bicyclic) bond motifs is 1. The van der Waals surface area contributed by atoms with E-state index in [-0.39, 0.29) is 23.9 Å². The highest BCUT2D eigenvalue weighted by molar-refractivity contribution is 7.89. The molecular weight excluding hydrogens is 395 g/mol. The lowest BCUT2D eigenvalue weighted by Gasteiger charge is -2.23. The number of aromatic nitrogens is 2. The van der Waals surface area contributed by atoms with Crippen molar-refractivity contribution in [2.75, 3.05) is 12.3 Å². The lowest BCUT2D eigenvalue weighted by Crippen LogP contribution is -2.29. The summed E-state index contributed by atoms with van der Waals surface area (Å²) in [6.45, 7) is -0.0559. The van der Waals surface area contributed by atoms with Gasteiger partial charge in [-0.15, -0.1) is 0 Å². The largest absolute Gasteiger partial charge is 0.435 e. The van der Waals surface area contributed by atoms with Crippen molar-refractivity contribution in [3.05, 3.63) is 52.3 Å². The van der Waals surface area contributed by atoms with Gasteiger partial charge in [-0.25, -0.2) is 8.42 Å². The molecule has 2 aliphatic rings. The Morgan fingerprint density at radius 2 is 2.07 bits per heavy atom. The topological polar surface area (TPSA) is 75.4 Å². The zero-order chi connectivity index (χ0) is 20.1. The summed E-state index contributed by atoms with van der Waals surface area (Å²) in [4.78, 5) is 0. The zero-order valence-corrected chi connectivity index (χ0v) is 15.8. The normalized spacial score (nSPS) is 21.9. The smallest absolute Gasteiger partial charge is 0.392 e. The number of nitrogens with zero attached hydrogens (tertiary/aromatic N) is 3. The molecule has 0 saturated carbocycles. The molecule has 2 aromatic rings. The number of alkyl halides is 3. The third kappa shape index (κ3) is 3.44. The number of hydrogen-bond acceptors (Lipinski definition) is 4. The number of hydrogen-bond donors (Lipinski definition) is 1. The molecule has 1 aliphatic heterocycles. The van der Waals surface area contributed by atoms with Gasteiger partial charge >= 0.3 is 6.18 Å². The third-order valence-electron chi connectivity index (χ3n) is 5.36. The number of aliphatic hydroxyl groups excluding tert-OH is 1. The molecule has 4 rings (SSSR count). The van der Waals surface area contributed by atoms with E-state index in [1.807, 2.05) is 12.1 Å². The van der Waals surface area contributed by atoms with Gasteiger partial charge in [0.05, 0.1) is 24.9 Å². The van der Waals surface area contributed by atoms with Crippen LogP contribution in [0.5, 0.6) is 0 Å². The van der Waals surface area contributed by atoms with Gasteiger partial charge in [0.15, 0.2) is 5.69 Å². The molecule has 0 amide bonds. The summed E-state index contributed by atoms with van der Waals surface area (Å²) in [7, 11) is -3.20. The van der Waals surface area contributed by atoms with Crippen molar-refractivity contribution in [2.24, 2.45) is 0 Å². The van der Waals surface area contributed by atoms with E-state index in [9.17, 15) is 21.6 Å². The van der Waals surface area contributed by atoms with Crippen LogP contribution in [0.2, 0.25) is 0 Å². The molecule has 10 heteroatoms. The van der Waals surface area contributed by atoms with Gasteiger partial charge in [-0.2, -0.15) is 22.6 Å². The van der Waals surface area contributed by atoms with Crippen LogP contribution in [0.25, 0.3) is 0 Å². The highest BCUT2D eigenvalue weighted by Crippen LogP contribution is 2.39. The van der Waals surface area contributed by atoms with Crippen LogP contribution < -0.4 is 0 Å². The summed E-state index contributed by atoms with van der Waals surface area (Å²) in [5, 5.41) is 12.7. The first-order chi connectivity index (χ1) is 13.2. The maximum Gasteiger partial charge on any atom is 0.435 e. The van der Waals surface area contributed by atoms with Crippen LogP contribution in [0.15, 0.2) is 24.4 Å². The quantitative estimate of drug-likeness (QED) is 0.833. The van der Waals surface area contributed by atoms with Gasteiger partial charge in [-0.3, -0.25) is 4.68 Å². The second-order valence-electron chi connectivity index (χ2n) is 7.22. The van der Waals surface area contributed by atoms with E-state index in [2.05, 4.69) is 5.10 Å². The second-order valence-corrected chi connectivity index (χ2v) is 9.27. The molecule has 0 radical (unpaired) electrons. The van der Waals surface area contributed by atoms with Crippen LogP contribution in [0.1, 0.15) is 46.8 Å². The zero-order valence-electron chi connectivity index (χ0n) is 15.0.